The molecule has 0 saturated carbocycles. The topological polar surface area (TPSA) is 37.4 Å². The van der Waals surface area contributed by atoms with Crippen molar-refractivity contribution in [2.24, 2.45) is 0 Å². The van der Waals surface area contributed by atoms with E-state index in [0.29, 0.717) is 16.7 Å². The maximum Gasteiger partial charge on any atom is 0.197 e. The Morgan fingerprint density at radius 1 is 0.812 bits per heavy atom. The molecule has 3 heterocycles. The fourth-order valence-corrected chi connectivity index (χ4v) is 7.78. The number of fused-ring (bicyclic) bond motifs is 6. The van der Waals surface area contributed by atoms with E-state index in [0.717, 1.165) is 25.1 Å². The number of rotatable bonds is 2. The van der Waals surface area contributed by atoms with Gasteiger partial charge in [-0.2, -0.15) is 0 Å². The number of Topliss-reactive ketones (excluding diaryl/α,β-unsaturated/α-hetero) is 2. The Balaban J connectivity index is 1.12. The molecule has 0 radical (unpaired) electrons. The third-order valence-corrected chi connectivity index (χ3v) is 9.20. The number of thiophene rings is 2. The van der Waals surface area contributed by atoms with Gasteiger partial charge in [0, 0.05) is 50.3 Å². The maximum atomic E-state index is 12.7. The van der Waals surface area contributed by atoms with Gasteiger partial charge in [0.25, 0.3) is 0 Å². The largest absolute Gasteiger partial charge is 0.365 e. The van der Waals surface area contributed by atoms with Crippen molar-refractivity contribution in [3.05, 3.63) is 105 Å². The van der Waals surface area contributed by atoms with Crippen molar-refractivity contribution < 1.29 is 9.59 Å². The van der Waals surface area contributed by atoms with Crippen molar-refractivity contribution in [1.82, 2.24) is 4.90 Å². The van der Waals surface area contributed by atoms with Gasteiger partial charge in [0.15, 0.2) is 11.6 Å². The van der Waals surface area contributed by atoms with E-state index in [2.05, 4.69) is 35.2 Å². The lowest BCUT2D eigenvalue weighted by Crippen LogP contribution is -2.14. The van der Waals surface area contributed by atoms with Crippen molar-refractivity contribution in [2.45, 2.75) is 19.5 Å². The molecule has 7 rings (SSSR count). The van der Waals surface area contributed by atoms with Crippen LogP contribution in [0.15, 0.2) is 83.6 Å². The van der Waals surface area contributed by atoms with Crippen LogP contribution >= 0.6 is 22.7 Å². The van der Waals surface area contributed by atoms with Gasteiger partial charge in [0.1, 0.15) is 0 Å². The van der Waals surface area contributed by atoms with E-state index in [-0.39, 0.29) is 11.6 Å². The molecule has 0 bridgehead atoms. The second-order valence-corrected chi connectivity index (χ2v) is 10.6. The van der Waals surface area contributed by atoms with E-state index in [1.807, 2.05) is 28.7 Å². The first-order chi connectivity index (χ1) is 15.7. The van der Waals surface area contributed by atoms with Crippen LogP contribution in [-0.2, 0) is 13.1 Å². The smallest absolute Gasteiger partial charge is 0.197 e. The summed E-state index contributed by atoms with van der Waals surface area (Å²) in [5.41, 5.74) is 5.07. The highest BCUT2D eigenvalue weighted by Crippen LogP contribution is 2.47. The van der Waals surface area contributed by atoms with Gasteiger partial charge in [-0.3, -0.25) is 9.59 Å². The molecular formula is C27H17NO2S2. The molecule has 5 heteroatoms. The van der Waals surface area contributed by atoms with Crippen molar-refractivity contribution in [1.29, 1.82) is 0 Å². The summed E-state index contributed by atoms with van der Waals surface area (Å²) in [6.07, 6.45) is 6.74. The highest BCUT2D eigenvalue weighted by molar-refractivity contribution is 7.33. The van der Waals surface area contributed by atoms with Gasteiger partial charge in [0.05, 0.1) is 21.5 Å². The summed E-state index contributed by atoms with van der Waals surface area (Å²) in [7, 11) is 0. The van der Waals surface area contributed by atoms with Crippen molar-refractivity contribution in [2.75, 3.05) is 0 Å². The second kappa shape index (κ2) is 6.61. The molecule has 32 heavy (non-hydrogen) atoms. The SMILES string of the molecule is O=C1C(=CC2=CC=C(N3Cc4sc5c(sc6ccccc65)c4C3)C2)C(=O)c2ccccc21. The summed E-state index contributed by atoms with van der Waals surface area (Å²) < 4.78 is 4.22. The monoisotopic (exact) mass is 451 g/mol. The van der Waals surface area contributed by atoms with Crippen LogP contribution in [0, 0.1) is 0 Å². The lowest BCUT2D eigenvalue weighted by molar-refractivity contribution is 0.0988. The lowest BCUT2D eigenvalue weighted by Gasteiger charge is -2.19. The number of hydrogen-bond donors (Lipinski definition) is 0. The zero-order valence-corrected chi connectivity index (χ0v) is 18.7. The van der Waals surface area contributed by atoms with Crippen molar-refractivity contribution >= 4 is 53.7 Å². The van der Waals surface area contributed by atoms with Crippen LogP contribution < -0.4 is 0 Å². The fourth-order valence-electron chi connectivity index (χ4n) is 4.98. The maximum absolute atomic E-state index is 12.7. The summed E-state index contributed by atoms with van der Waals surface area (Å²) >= 11 is 3.83. The number of carbonyl (C=O) groups is 2. The summed E-state index contributed by atoms with van der Waals surface area (Å²) in [5.74, 6) is -0.314. The van der Waals surface area contributed by atoms with Crippen LogP contribution in [0.3, 0.4) is 0 Å². The quantitative estimate of drug-likeness (QED) is 0.253. The van der Waals surface area contributed by atoms with E-state index in [4.69, 9.17) is 0 Å². The predicted octanol–water partition coefficient (Wildman–Crippen LogP) is 6.65. The first-order valence-electron chi connectivity index (χ1n) is 10.6. The minimum absolute atomic E-state index is 0.157. The molecular weight excluding hydrogens is 434 g/mol. The molecule has 3 nitrogen and oxygen atoms in total. The molecule has 0 unspecified atom stereocenters. The molecule has 2 aliphatic carbocycles. The Morgan fingerprint density at radius 2 is 1.56 bits per heavy atom. The summed E-state index contributed by atoms with van der Waals surface area (Å²) in [6, 6.07) is 15.7. The summed E-state index contributed by atoms with van der Waals surface area (Å²) in [6.45, 7) is 1.86. The van der Waals surface area contributed by atoms with Crippen LogP contribution in [0.4, 0.5) is 0 Å². The Kier molecular flexibility index (Phi) is 3.78. The summed E-state index contributed by atoms with van der Waals surface area (Å²) in [5, 5.41) is 1.38. The first kappa shape index (κ1) is 18.3. The van der Waals surface area contributed by atoms with E-state index >= 15 is 0 Å². The molecule has 3 aliphatic rings. The second-order valence-electron chi connectivity index (χ2n) is 8.45. The normalized spacial score (nSPS) is 17.4. The number of hydrogen-bond acceptors (Lipinski definition) is 5. The molecule has 0 atom stereocenters. The van der Waals surface area contributed by atoms with E-state index in [1.54, 1.807) is 30.3 Å². The van der Waals surface area contributed by atoms with Crippen LogP contribution in [0.25, 0.3) is 19.5 Å². The number of ketones is 2. The molecule has 0 saturated heterocycles. The molecule has 0 fully saturated rings. The molecule has 154 valence electrons. The Morgan fingerprint density at radius 3 is 2.38 bits per heavy atom. The zero-order valence-electron chi connectivity index (χ0n) is 17.1. The Bertz CT molecular complexity index is 1560. The standard InChI is InChI=1S/C27H17NO2S2/c29-24-17-5-1-2-6-18(17)25(30)20(24)12-15-9-10-16(11-15)28-13-21-23(14-28)32-26-19-7-3-4-8-22(19)31-27(21)26/h1-10,12H,11,13-14H2. The lowest BCUT2D eigenvalue weighted by atomic mass is 10.1. The molecule has 4 aromatic rings. The number of carbonyl (C=O) groups excluding carboxylic acids is 2. The predicted molar refractivity (Wildman–Crippen MR) is 130 cm³/mol. The molecule has 2 aromatic carbocycles. The summed E-state index contributed by atoms with van der Waals surface area (Å²) in [4.78, 5) is 29.3. The van der Waals surface area contributed by atoms with E-state index < -0.39 is 0 Å². The minimum Gasteiger partial charge on any atom is -0.365 e. The number of allylic oxidation sites excluding steroid dienone is 5. The Hall–Kier alpha value is -3.28. The van der Waals surface area contributed by atoms with Crippen LogP contribution in [-0.4, -0.2) is 16.5 Å². The average Bonchev–Trinajstić information content (AvgIpc) is 3.60. The third kappa shape index (κ3) is 2.52. The fraction of sp³-hybridized carbons (Fsp3) is 0.111. The van der Waals surface area contributed by atoms with Gasteiger partial charge >= 0.3 is 0 Å². The minimum atomic E-state index is -0.157. The van der Waals surface area contributed by atoms with Gasteiger partial charge in [-0.15, -0.1) is 22.7 Å². The third-order valence-electron chi connectivity index (χ3n) is 6.59. The van der Waals surface area contributed by atoms with Crippen LogP contribution in [0.5, 0.6) is 0 Å². The number of nitrogens with zero attached hydrogens (tertiary/aromatic N) is 1. The molecule has 2 aromatic heterocycles. The molecule has 0 spiro atoms. The van der Waals surface area contributed by atoms with Gasteiger partial charge in [-0.05, 0) is 23.8 Å². The van der Waals surface area contributed by atoms with Gasteiger partial charge < -0.3 is 4.90 Å². The molecule has 1 aliphatic heterocycles. The highest BCUT2D eigenvalue weighted by atomic mass is 32.1. The van der Waals surface area contributed by atoms with E-state index in [9.17, 15) is 9.59 Å². The number of benzene rings is 2. The van der Waals surface area contributed by atoms with Crippen LogP contribution in [0.1, 0.15) is 37.6 Å². The molecule has 0 amide bonds. The van der Waals surface area contributed by atoms with Gasteiger partial charge in [-0.25, -0.2) is 0 Å². The van der Waals surface area contributed by atoms with Crippen LogP contribution in [0.2, 0.25) is 0 Å². The van der Waals surface area contributed by atoms with E-state index in [1.165, 1.54) is 35.6 Å². The van der Waals surface area contributed by atoms with Crippen molar-refractivity contribution in [3.8, 4) is 0 Å². The van der Waals surface area contributed by atoms with Crippen molar-refractivity contribution in [3.63, 3.8) is 0 Å². The van der Waals surface area contributed by atoms with Gasteiger partial charge in [-0.1, -0.05) is 48.5 Å². The Labute approximate surface area is 192 Å². The zero-order chi connectivity index (χ0) is 21.4. The van der Waals surface area contributed by atoms with Gasteiger partial charge in [0.2, 0.25) is 0 Å². The molecule has 0 N–H and O–H groups in total. The highest BCUT2D eigenvalue weighted by Gasteiger charge is 2.33. The first-order valence-corrected chi connectivity index (χ1v) is 12.3. The average molecular weight is 452 g/mol.